The Kier molecular flexibility index (Phi) is 3.14. The zero-order valence-corrected chi connectivity index (χ0v) is 9.91. The molecule has 3 N–H and O–H groups in total. The molecule has 0 unspecified atom stereocenters. The molecule has 0 aliphatic carbocycles. The van der Waals surface area contributed by atoms with Crippen molar-refractivity contribution in [1.29, 1.82) is 0 Å². The van der Waals surface area contributed by atoms with Crippen molar-refractivity contribution < 1.29 is 25.2 Å². The van der Waals surface area contributed by atoms with Crippen molar-refractivity contribution in [2.45, 2.75) is 38.3 Å². The molecule has 6 nitrogen and oxygen atoms in total. The maximum Gasteiger partial charge on any atom is 0.410 e. The number of carboxylic acids is 1. The number of carboxylic acid groups (broad SMARTS) is 1. The first-order chi connectivity index (χ1) is 7.14. The third-order valence-corrected chi connectivity index (χ3v) is 2.44. The lowest BCUT2D eigenvalue weighted by Gasteiger charge is -2.25. The van der Waals surface area contributed by atoms with Crippen LogP contribution in [0.1, 0.15) is 27.2 Å². The van der Waals surface area contributed by atoms with Gasteiger partial charge in [0.05, 0.1) is 6.54 Å². The molecule has 1 aliphatic heterocycles. The Bertz CT molecular complexity index is 310. The minimum absolute atomic E-state index is 0.0459. The first-order valence-electron chi connectivity index (χ1n) is 5.19. The largest absolute Gasteiger partial charge is 0.544 e. The van der Waals surface area contributed by atoms with E-state index in [-0.39, 0.29) is 6.54 Å². The molecule has 1 saturated heterocycles. The Morgan fingerprint density at radius 1 is 1.44 bits per heavy atom. The number of carbonyl (C=O) groups is 2. The molecule has 16 heavy (non-hydrogen) atoms. The minimum Gasteiger partial charge on any atom is -0.544 e. The molecule has 0 radical (unpaired) electrons. The van der Waals surface area contributed by atoms with Gasteiger partial charge in [-0.3, -0.25) is 0 Å². The van der Waals surface area contributed by atoms with E-state index in [0.717, 1.165) is 0 Å². The fourth-order valence-electron chi connectivity index (χ4n) is 1.52. The summed E-state index contributed by atoms with van der Waals surface area (Å²) in [6.07, 6.45) is -0.200. The summed E-state index contributed by atoms with van der Waals surface area (Å²) in [5.41, 5.74) is 1.81. The normalized spacial score (nSPS) is 25.6. The van der Waals surface area contributed by atoms with E-state index in [2.05, 4.69) is 5.73 Å². The zero-order valence-electron chi connectivity index (χ0n) is 9.91. The second-order valence-corrected chi connectivity index (χ2v) is 5.22. The van der Waals surface area contributed by atoms with Crippen LogP contribution in [0.15, 0.2) is 0 Å². The summed E-state index contributed by atoms with van der Waals surface area (Å²) in [6.45, 7) is 5.67. The Morgan fingerprint density at radius 2 is 2.00 bits per heavy atom. The molecule has 1 fully saturated rings. The molecule has 0 spiro atoms. The topological polar surface area (TPSA) is 97.3 Å². The van der Waals surface area contributed by atoms with Crippen LogP contribution in [0.25, 0.3) is 0 Å². The number of hydrogen-bond acceptors (Lipinski definition) is 4. The Morgan fingerprint density at radius 3 is 2.38 bits per heavy atom. The van der Waals surface area contributed by atoms with Crippen molar-refractivity contribution in [2.24, 2.45) is 0 Å². The highest BCUT2D eigenvalue weighted by atomic mass is 16.6. The summed E-state index contributed by atoms with van der Waals surface area (Å²) in [4.78, 5) is 23.8. The molecule has 1 rings (SSSR count). The molecule has 0 aromatic carbocycles. The molecule has 0 bridgehead atoms. The highest BCUT2D eigenvalue weighted by molar-refractivity contribution is 5.78. The van der Waals surface area contributed by atoms with E-state index in [1.807, 2.05) is 0 Å². The van der Waals surface area contributed by atoms with E-state index in [1.54, 1.807) is 20.8 Å². The maximum atomic E-state index is 11.6. The van der Waals surface area contributed by atoms with Crippen molar-refractivity contribution in [2.75, 3.05) is 13.1 Å². The van der Waals surface area contributed by atoms with Crippen LogP contribution in [0.3, 0.4) is 0 Å². The van der Waals surface area contributed by atoms with Crippen molar-refractivity contribution in [3.8, 4) is 0 Å². The van der Waals surface area contributed by atoms with Gasteiger partial charge in [0.2, 0.25) is 0 Å². The van der Waals surface area contributed by atoms with Gasteiger partial charge in [-0.15, -0.1) is 0 Å². The van der Waals surface area contributed by atoms with Crippen LogP contribution in [0.5, 0.6) is 0 Å². The fraction of sp³-hybridized carbons (Fsp3) is 0.800. The molecular formula is C10H18N2O4. The van der Waals surface area contributed by atoms with Crippen molar-refractivity contribution >= 4 is 12.1 Å². The van der Waals surface area contributed by atoms with E-state index in [9.17, 15) is 14.7 Å². The predicted molar refractivity (Wildman–Crippen MR) is 53.1 cm³/mol. The number of ether oxygens (including phenoxy) is 1. The SMILES string of the molecule is CC(C)(C)OC(=O)N1CC[C@@]([NH3+])(C(=O)[O-])C1. The van der Waals surface area contributed by atoms with Crippen LogP contribution in [-0.2, 0) is 9.53 Å². The first kappa shape index (κ1) is 12.8. The monoisotopic (exact) mass is 230 g/mol. The van der Waals surface area contributed by atoms with E-state index in [0.29, 0.717) is 13.0 Å². The molecule has 92 valence electrons. The summed E-state index contributed by atoms with van der Waals surface area (Å²) in [6, 6.07) is 0. The number of aliphatic carboxylic acids is 1. The van der Waals surface area contributed by atoms with Gasteiger partial charge in [-0.1, -0.05) is 0 Å². The maximum absolute atomic E-state index is 11.6. The second-order valence-electron chi connectivity index (χ2n) is 5.22. The molecular weight excluding hydrogens is 212 g/mol. The Hall–Kier alpha value is -1.30. The minimum atomic E-state index is -1.22. The number of amides is 1. The number of rotatable bonds is 1. The van der Waals surface area contributed by atoms with E-state index < -0.39 is 23.2 Å². The Balaban J connectivity index is 2.60. The summed E-state index contributed by atoms with van der Waals surface area (Å²) in [5, 5.41) is 10.8. The van der Waals surface area contributed by atoms with E-state index in [4.69, 9.17) is 4.74 Å². The van der Waals surface area contributed by atoms with Crippen LogP contribution in [0, 0.1) is 0 Å². The van der Waals surface area contributed by atoms with Crippen molar-refractivity contribution in [1.82, 2.24) is 4.90 Å². The van der Waals surface area contributed by atoms with Gasteiger partial charge in [-0.05, 0) is 20.8 Å². The third-order valence-electron chi connectivity index (χ3n) is 2.44. The van der Waals surface area contributed by atoms with Gasteiger partial charge in [-0.2, -0.15) is 0 Å². The average Bonchev–Trinajstić information content (AvgIpc) is 2.46. The van der Waals surface area contributed by atoms with Gasteiger partial charge >= 0.3 is 6.09 Å². The summed E-state index contributed by atoms with van der Waals surface area (Å²) < 4.78 is 5.14. The van der Waals surface area contributed by atoms with Crippen LogP contribution in [0.2, 0.25) is 0 Å². The highest BCUT2D eigenvalue weighted by Gasteiger charge is 2.42. The lowest BCUT2D eigenvalue weighted by Crippen LogP contribution is -2.80. The molecule has 0 aromatic rings. The smallest absolute Gasteiger partial charge is 0.410 e. The van der Waals surface area contributed by atoms with Crippen molar-refractivity contribution in [3.63, 3.8) is 0 Å². The zero-order chi connectivity index (χ0) is 12.6. The number of carbonyl (C=O) groups excluding carboxylic acids is 2. The number of nitrogens with zero attached hydrogens (tertiary/aromatic N) is 1. The molecule has 1 aliphatic rings. The summed E-state index contributed by atoms with van der Waals surface area (Å²) in [5.74, 6) is -1.22. The van der Waals surface area contributed by atoms with Gasteiger partial charge < -0.3 is 25.3 Å². The van der Waals surface area contributed by atoms with Gasteiger partial charge in [0, 0.05) is 13.0 Å². The third kappa shape index (κ3) is 2.85. The van der Waals surface area contributed by atoms with Gasteiger partial charge in [0.25, 0.3) is 0 Å². The van der Waals surface area contributed by atoms with Crippen LogP contribution >= 0.6 is 0 Å². The molecule has 6 heteroatoms. The molecule has 0 aromatic heterocycles. The first-order valence-corrected chi connectivity index (χ1v) is 5.19. The van der Waals surface area contributed by atoms with Gasteiger partial charge in [-0.25, -0.2) is 4.79 Å². The number of hydrogen-bond donors (Lipinski definition) is 1. The van der Waals surface area contributed by atoms with Crippen LogP contribution in [0.4, 0.5) is 4.79 Å². The average molecular weight is 230 g/mol. The summed E-state index contributed by atoms with van der Waals surface area (Å²) in [7, 11) is 0. The van der Waals surface area contributed by atoms with Crippen molar-refractivity contribution in [3.05, 3.63) is 0 Å². The summed E-state index contributed by atoms with van der Waals surface area (Å²) >= 11 is 0. The van der Waals surface area contributed by atoms with E-state index >= 15 is 0 Å². The number of likely N-dealkylation sites (tertiary alicyclic amines) is 1. The standard InChI is InChI=1S/C10H18N2O4/c1-9(2,3)16-8(15)12-5-4-10(11,6-12)7(13)14/h4-6,11H2,1-3H3,(H,13,14)/t10-/m0/s1. The molecule has 1 atom stereocenters. The lowest BCUT2D eigenvalue weighted by molar-refractivity contribution is -0.481. The van der Waals surface area contributed by atoms with Gasteiger partial charge in [0.15, 0.2) is 5.54 Å². The number of quaternary nitrogens is 1. The van der Waals surface area contributed by atoms with Gasteiger partial charge in [0.1, 0.15) is 11.6 Å². The molecule has 1 heterocycles. The lowest BCUT2D eigenvalue weighted by atomic mass is 10.0. The second kappa shape index (κ2) is 3.93. The quantitative estimate of drug-likeness (QED) is 0.584. The molecule has 0 saturated carbocycles. The Labute approximate surface area is 94.3 Å². The van der Waals surface area contributed by atoms with E-state index in [1.165, 1.54) is 4.90 Å². The molecule has 1 amide bonds. The fourth-order valence-corrected chi connectivity index (χ4v) is 1.52. The van der Waals surface area contributed by atoms with Crippen LogP contribution < -0.4 is 10.8 Å². The predicted octanol–water partition coefficient (Wildman–Crippen LogP) is -1.64. The highest BCUT2D eigenvalue weighted by Crippen LogP contribution is 2.19. The van der Waals surface area contributed by atoms with Crippen LogP contribution in [-0.4, -0.2) is 41.2 Å².